The van der Waals surface area contributed by atoms with Crippen molar-refractivity contribution in [1.82, 2.24) is 14.4 Å². The van der Waals surface area contributed by atoms with Crippen LogP contribution in [0.5, 0.6) is 11.6 Å². The van der Waals surface area contributed by atoms with E-state index in [1.54, 1.807) is 24.4 Å². The van der Waals surface area contributed by atoms with Crippen LogP contribution in [0.25, 0.3) is 5.65 Å². The number of carboxylic acids is 1. The van der Waals surface area contributed by atoms with E-state index in [-0.39, 0.29) is 16.9 Å². The van der Waals surface area contributed by atoms with Gasteiger partial charge in [0.1, 0.15) is 5.75 Å². The number of ether oxygens (including phenoxy) is 3. The van der Waals surface area contributed by atoms with Crippen molar-refractivity contribution in [2.75, 3.05) is 25.6 Å². The molecule has 1 saturated carbocycles. The Morgan fingerprint density at radius 2 is 1.89 bits per heavy atom. The Hall–Kier alpha value is -3.87. The van der Waals surface area contributed by atoms with E-state index in [1.807, 2.05) is 23.6 Å². The van der Waals surface area contributed by atoms with Gasteiger partial charge in [-0.1, -0.05) is 19.1 Å². The molecule has 204 valence electrons. The fourth-order valence-corrected chi connectivity index (χ4v) is 4.75. The molecular formula is C25H27F3N4O6. The highest BCUT2D eigenvalue weighted by Crippen LogP contribution is 2.58. The zero-order valence-corrected chi connectivity index (χ0v) is 21.0. The van der Waals surface area contributed by atoms with Crippen LogP contribution in [0, 0.1) is 0 Å². The molecule has 2 saturated heterocycles. The van der Waals surface area contributed by atoms with E-state index < -0.39 is 12.1 Å². The Morgan fingerprint density at radius 1 is 1.21 bits per heavy atom. The van der Waals surface area contributed by atoms with Gasteiger partial charge in [-0.05, 0) is 38.3 Å². The molecule has 10 nitrogen and oxygen atoms in total. The van der Waals surface area contributed by atoms with Gasteiger partial charge in [0, 0.05) is 11.6 Å². The number of anilines is 1. The molecule has 2 N–H and O–H groups in total. The summed E-state index contributed by atoms with van der Waals surface area (Å²) in [5.74, 6) is -1.77. The number of hydrogen-bond donors (Lipinski definition) is 2. The fourth-order valence-electron chi connectivity index (χ4n) is 4.75. The number of halogens is 3. The number of nitrogens with one attached hydrogen (secondary N) is 1. The molecule has 0 radical (unpaired) electrons. The lowest BCUT2D eigenvalue weighted by atomic mass is 9.62. The zero-order chi connectivity index (χ0) is 27.7. The second-order valence-corrected chi connectivity index (χ2v) is 9.47. The molecule has 2 aromatic heterocycles. The number of benzene rings is 1. The van der Waals surface area contributed by atoms with Crippen LogP contribution in [0.2, 0.25) is 0 Å². The van der Waals surface area contributed by atoms with Crippen LogP contribution in [0.1, 0.15) is 49.2 Å². The molecule has 6 rings (SSSR count). The van der Waals surface area contributed by atoms with E-state index in [1.165, 1.54) is 7.11 Å². The molecule has 0 unspecified atom stereocenters. The average molecular weight is 537 g/mol. The van der Waals surface area contributed by atoms with Gasteiger partial charge in [-0.3, -0.25) is 9.20 Å². The molecule has 4 heterocycles. The predicted octanol–water partition coefficient (Wildman–Crippen LogP) is 4.23. The molecule has 2 bridgehead atoms. The first kappa shape index (κ1) is 27.2. The topological polar surface area (TPSA) is 124 Å². The predicted molar refractivity (Wildman–Crippen MR) is 129 cm³/mol. The van der Waals surface area contributed by atoms with E-state index in [2.05, 4.69) is 17.2 Å². The smallest absolute Gasteiger partial charge is 0.490 e. The molecular weight excluding hydrogens is 509 g/mol. The number of aliphatic carboxylic acids is 1. The van der Waals surface area contributed by atoms with E-state index in [0.29, 0.717) is 41.9 Å². The number of imidazole rings is 1. The van der Waals surface area contributed by atoms with Crippen LogP contribution in [-0.2, 0) is 14.9 Å². The third-order valence-corrected chi connectivity index (χ3v) is 6.35. The van der Waals surface area contributed by atoms with E-state index in [4.69, 9.17) is 29.1 Å². The summed E-state index contributed by atoms with van der Waals surface area (Å²) in [6, 6.07) is 7.07. The van der Waals surface area contributed by atoms with Gasteiger partial charge in [-0.15, -0.1) is 0 Å². The number of carbonyl (C=O) groups excluding carboxylic acids is 1. The fraction of sp³-hybridized carbons (Fsp3) is 0.440. The lowest BCUT2D eigenvalue weighted by molar-refractivity contribution is -0.192. The van der Waals surface area contributed by atoms with Gasteiger partial charge in [-0.2, -0.15) is 18.2 Å². The molecule has 2 aliphatic heterocycles. The Kier molecular flexibility index (Phi) is 7.24. The van der Waals surface area contributed by atoms with Crippen LogP contribution in [0.15, 0.2) is 36.7 Å². The summed E-state index contributed by atoms with van der Waals surface area (Å²) in [5, 5.41) is 9.99. The molecule has 0 spiro atoms. The van der Waals surface area contributed by atoms with E-state index in [9.17, 15) is 18.0 Å². The van der Waals surface area contributed by atoms with Crippen molar-refractivity contribution >= 4 is 23.3 Å². The first-order valence-corrected chi connectivity index (χ1v) is 11.8. The summed E-state index contributed by atoms with van der Waals surface area (Å²) in [6.07, 6.45) is 1.47. The number of para-hydroxylation sites is 1. The van der Waals surface area contributed by atoms with Gasteiger partial charge in [0.25, 0.3) is 11.8 Å². The molecule has 1 aromatic carbocycles. The van der Waals surface area contributed by atoms with Crippen molar-refractivity contribution in [3.8, 4) is 11.6 Å². The van der Waals surface area contributed by atoms with Crippen molar-refractivity contribution in [3.05, 3.63) is 47.9 Å². The number of carboxylic acid groups (broad SMARTS) is 1. The maximum Gasteiger partial charge on any atom is 0.490 e. The van der Waals surface area contributed by atoms with Gasteiger partial charge in [0.2, 0.25) is 5.65 Å². The second kappa shape index (κ2) is 10.1. The first-order valence-electron chi connectivity index (χ1n) is 11.8. The third kappa shape index (κ3) is 5.37. The number of rotatable bonds is 7. The number of fused-ring (bicyclic) bond motifs is 2. The lowest BCUT2D eigenvalue weighted by Gasteiger charge is -2.41. The molecule has 13 heteroatoms. The molecule has 1 aliphatic carbocycles. The number of carbonyl (C=O) groups is 2. The van der Waals surface area contributed by atoms with Crippen molar-refractivity contribution < 1.29 is 42.1 Å². The number of alkyl halides is 3. The van der Waals surface area contributed by atoms with Gasteiger partial charge in [-0.25, -0.2) is 9.78 Å². The highest BCUT2D eigenvalue weighted by atomic mass is 19.4. The van der Waals surface area contributed by atoms with Crippen molar-refractivity contribution in [1.29, 1.82) is 0 Å². The van der Waals surface area contributed by atoms with E-state index in [0.717, 1.165) is 25.0 Å². The molecule has 1 amide bonds. The Morgan fingerprint density at radius 3 is 2.47 bits per heavy atom. The number of aromatic nitrogens is 3. The SMILES string of the molecule is CCCOc1nc(NC(=O)c2ccccc2OC)cn2cc(C34COC(C)(C3)C4)nc12.O=C(O)C(F)(F)F. The molecule has 0 atom stereocenters. The second-order valence-electron chi connectivity index (χ2n) is 9.47. The zero-order valence-electron chi connectivity index (χ0n) is 21.0. The summed E-state index contributed by atoms with van der Waals surface area (Å²) < 4.78 is 50.7. The van der Waals surface area contributed by atoms with Crippen molar-refractivity contribution in [3.63, 3.8) is 0 Å². The van der Waals surface area contributed by atoms with Crippen molar-refractivity contribution in [2.45, 2.75) is 50.3 Å². The number of amides is 1. The Bertz CT molecular complexity index is 1350. The summed E-state index contributed by atoms with van der Waals surface area (Å²) >= 11 is 0. The minimum absolute atomic E-state index is 0.0243. The van der Waals surface area contributed by atoms with Crippen LogP contribution < -0.4 is 14.8 Å². The molecule has 38 heavy (non-hydrogen) atoms. The third-order valence-electron chi connectivity index (χ3n) is 6.35. The minimum atomic E-state index is -5.08. The highest BCUT2D eigenvalue weighted by molar-refractivity contribution is 6.05. The normalized spacial score (nSPS) is 21.7. The van der Waals surface area contributed by atoms with Crippen molar-refractivity contribution in [2.24, 2.45) is 0 Å². The van der Waals surface area contributed by atoms with Crippen LogP contribution in [0.4, 0.5) is 19.0 Å². The van der Waals surface area contributed by atoms with Gasteiger partial charge >= 0.3 is 12.1 Å². The standard InChI is InChI=1S/C23H26N4O4.C2HF3O2/c1-4-9-30-21-19-24-17(23-12-22(2,13-23)31-14-23)10-27(19)11-18(26-21)25-20(28)15-7-5-6-8-16(15)29-3;3-2(4,5)1(6)7/h5-8,10-11H,4,9,12-14H2,1-3H3,(H,25,28);(H,6,7). The van der Waals surface area contributed by atoms with E-state index >= 15 is 0 Å². The Balaban J connectivity index is 0.000000426. The number of hydrogen-bond acceptors (Lipinski definition) is 7. The molecule has 3 fully saturated rings. The van der Waals surface area contributed by atoms with Crippen LogP contribution in [-0.4, -0.2) is 63.5 Å². The lowest BCUT2D eigenvalue weighted by Crippen LogP contribution is -2.45. The number of methoxy groups -OCH3 is 1. The quantitative estimate of drug-likeness (QED) is 0.460. The van der Waals surface area contributed by atoms with Crippen LogP contribution in [0.3, 0.4) is 0 Å². The summed E-state index contributed by atoms with van der Waals surface area (Å²) in [7, 11) is 1.54. The maximum atomic E-state index is 12.8. The summed E-state index contributed by atoms with van der Waals surface area (Å²) in [6.45, 7) is 5.38. The molecule has 3 aliphatic rings. The molecule has 3 aromatic rings. The maximum absolute atomic E-state index is 12.8. The highest BCUT2D eigenvalue weighted by Gasteiger charge is 2.61. The van der Waals surface area contributed by atoms with Gasteiger partial charge < -0.3 is 24.6 Å². The average Bonchev–Trinajstić information content (AvgIpc) is 3.53. The van der Waals surface area contributed by atoms with Gasteiger partial charge in [0.15, 0.2) is 5.82 Å². The Labute approximate surface area is 215 Å². The largest absolute Gasteiger partial charge is 0.496 e. The first-order chi connectivity index (χ1) is 17.9. The summed E-state index contributed by atoms with van der Waals surface area (Å²) in [5.41, 5.74) is 2.00. The minimum Gasteiger partial charge on any atom is -0.496 e. The van der Waals surface area contributed by atoms with Crippen LogP contribution >= 0.6 is 0 Å². The number of nitrogens with zero attached hydrogens (tertiary/aromatic N) is 3. The van der Waals surface area contributed by atoms with Gasteiger partial charge in [0.05, 0.1) is 43.4 Å². The summed E-state index contributed by atoms with van der Waals surface area (Å²) in [4.78, 5) is 31.1. The monoisotopic (exact) mass is 536 g/mol.